The average molecular weight is 266 g/mol. The first-order valence-electron chi connectivity index (χ1n) is 7.45. The van der Waals surface area contributed by atoms with Crippen molar-refractivity contribution in [2.75, 3.05) is 18.0 Å². The Morgan fingerprint density at radius 2 is 1.75 bits per heavy atom. The zero-order valence-electron chi connectivity index (χ0n) is 11.8. The van der Waals surface area contributed by atoms with E-state index in [1.165, 1.54) is 23.2 Å². The van der Waals surface area contributed by atoms with Crippen molar-refractivity contribution in [3.05, 3.63) is 65.7 Å². The minimum Gasteiger partial charge on any atom is -0.370 e. The van der Waals surface area contributed by atoms with E-state index in [4.69, 9.17) is 5.73 Å². The first-order chi connectivity index (χ1) is 9.83. The number of hydrogen-bond donors (Lipinski definition) is 1. The Morgan fingerprint density at radius 3 is 2.55 bits per heavy atom. The third kappa shape index (κ3) is 3.02. The lowest BCUT2D eigenvalue weighted by molar-refractivity contribution is 0.505. The molecule has 3 rings (SSSR count). The van der Waals surface area contributed by atoms with Crippen LogP contribution in [-0.2, 0) is 6.42 Å². The van der Waals surface area contributed by atoms with E-state index >= 15 is 0 Å². The minimum absolute atomic E-state index is 0.313. The summed E-state index contributed by atoms with van der Waals surface area (Å²) in [7, 11) is 0. The van der Waals surface area contributed by atoms with Gasteiger partial charge in [0.25, 0.3) is 0 Å². The van der Waals surface area contributed by atoms with E-state index in [-0.39, 0.29) is 0 Å². The summed E-state index contributed by atoms with van der Waals surface area (Å²) in [5.74, 6) is 0. The van der Waals surface area contributed by atoms with Gasteiger partial charge in [-0.2, -0.15) is 0 Å². The average Bonchev–Trinajstić information content (AvgIpc) is 2.49. The lowest BCUT2D eigenvalue weighted by Gasteiger charge is -2.34. The van der Waals surface area contributed by atoms with E-state index in [1.807, 2.05) is 0 Å². The van der Waals surface area contributed by atoms with Gasteiger partial charge >= 0.3 is 0 Å². The van der Waals surface area contributed by atoms with Crippen LogP contribution in [-0.4, -0.2) is 19.1 Å². The lowest BCUT2D eigenvalue weighted by atomic mass is 10.00. The summed E-state index contributed by atoms with van der Waals surface area (Å²) in [6.07, 6.45) is 3.33. The summed E-state index contributed by atoms with van der Waals surface area (Å²) >= 11 is 0. The zero-order valence-corrected chi connectivity index (χ0v) is 11.8. The maximum atomic E-state index is 6.12. The highest BCUT2D eigenvalue weighted by molar-refractivity contribution is 5.55. The van der Waals surface area contributed by atoms with Crippen LogP contribution in [0.3, 0.4) is 0 Å². The molecule has 2 heteroatoms. The summed E-state index contributed by atoms with van der Waals surface area (Å²) < 4.78 is 0. The van der Waals surface area contributed by atoms with Gasteiger partial charge in [0.05, 0.1) is 0 Å². The first-order valence-corrected chi connectivity index (χ1v) is 7.45. The molecule has 0 amide bonds. The smallest absolute Gasteiger partial charge is 0.0402 e. The molecule has 1 aliphatic rings. The second kappa shape index (κ2) is 6.10. The number of rotatable bonds is 3. The molecule has 1 atom stereocenters. The zero-order chi connectivity index (χ0) is 13.8. The summed E-state index contributed by atoms with van der Waals surface area (Å²) in [6.45, 7) is 2.10. The molecular weight excluding hydrogens is 244 g/mol. The summed E-state index contributed by atoms with van der Waals surface area (Å²) in [5.41, 5.74) is 10.2. The maximum absolute atomic E-state index is 6.12. The molecule has 2 aromatic rings. The molecular formula is C18H22N2. The molecule has 1 heterocycles. The molecule has 20 heavy (non-hydrogen) atoms. The highest BCUT2D eigenvalue weighted by Gasteiger charge is 2.18. The van der Waals surface area contributed by atoms with Crippen molar-refractivity contribution in [3.8, 4) is 0 Å². The van der Waals surface area contributed by atoms with Gasteiger partial charge in [-0.3, -0.25) is 0 Å². The molecule has 0 spiro atoms. The molecule has 1 saturated heterocycles. The van der Waals surface area contributed by atoms with Crippen molar-refractivity contribution in [2.45, 2.75) is 25.3 Å². The number of anilines is 1. The second-order valence-electron chi connectivity index (χ2n) is 5.64. The van der Waals surface area contributed by atoms with Crippen LogP contribution in [0.2, 0.25) is 0 Å². The predicted molar refractivity (Wildman–Crippen MR) is 85.1 cm³/mol. The van der Waals surface area contributed by atoms with Gasteiger partial charge in [-0.25, -0.2) is 0 Å². The number of para-hydroxylation sites is 1. The Kier molecular flexibility index (Phi) is 4.03. The Hall–Kier alpha value is -1.80. The van der Waals surface area contributed by atoms with Crippen LogP contribution < -0.4 is 10.6 Å². The van der Waals surface area contributed by atoms with Crippen molar-refractivity contribution in [1.29, 1.82) is 0 Å². The Balaban J connectivity index is 1.84. The third-order valence-electron chi connectivity index (χ3n) is 4.03. The number of piperidine rings is 1. The normalized spacial score (nSPS) is 19.1. The Morgan fingerprint density at radius 1 is 1.00 bits per heavy atom. The number of nitrogens with zero attached hydrogens (tertiary/aromatic N) is 1. The fourth-order valence-electron chi connectivity index (χ4n) is 3.01. The van der Waals surface area contributed by atoms with Crippen LogP contribution in [0.4, 0.5) is 5.69 Å². The van der Waals surface area contributed by atoms with Crippen molar-refractivity contribution in [2.24, 2.45) is 5.73 Å². The quantitative estimate of drug-likeness (QED) is 0.924. The van der Waals surface area contributed by atoms with Crippen molar-refractivity contribution in [1.82, 2.24) is 0 Å². The van der Waals surface area contributed by atoms with E-state index in [1.54, 1.807) is 0 Å². The number of benzene rings is 2. The van der Waals surface area contributed by atoms with Crippen LogP contribution in [0, 0.1) is 0 Å². The van der Waals surface area contributed by atoms with E-state index in [9.17, 15) is 0 Å². The van der Waals surface area contributed by atoms with Gasteiger partial charge in [0.2, 0.25) is 0 Å². The molecule has 1 unspecified atom stereocenters. The summed E-state index contributed by atoms with van der Waals surface area (Å²) in [6, 6.07) is 19.7. The molecule has 0 bridgehead atoms. The van der Waals surface area contributed by atoms with Gasteiger partial charge in [0.1, 0.15) is 0 Å². The second-order valence-corrected chi connectivity index (χ2v) is 5.64. The topological polar surface area (TPSA) is 29.3 Å². The van der Waals surface area contributed by atoms with Crippen molar-refractivity contribution in [3.63, 3.8) is 0 Å². The van der Waals surface area contributed by atoms with Crippen LogP contribution >= 0.6 is 0 Å². The van der Waals surface area contributed by atoms with Crippen LogP contribution in [0.25, 0.3) is 0 Å². The largest absolute Gasteiger partial charge is 0.370 e. The molecule has 0 radical (unpaired) electrons. The molecule has 0 saturated carbocycles. The molecule has 0 aliphatic carbocycles. The number of nitrogens with two attached hydrogens (primary N) is 1. The predicted octanol–water partition coefficient (Wildman–Crippen LogP) is 3.20. The highest BCUT2D eigenvalue weighted by atomic mass is 15.2. The molecule has 2 N–H and O–H groups in total. The van der Waals surface area contributed by atoms with Crippen LogP contribution in [0.5, 0.6) is 0 Å². The van der Waals surface area contributed by atoms with Gasteiger partial charge < -0.3 is 10.6 Å². The minimum atomic E-state index is 0.313. The summed E-state index contributed by atoms with van der Waals surface area (Å²) in [4.78, 5) is 2.45. The van der Waals surface area contributed by atoms with Gasteiger partial charge in [0.15, 0.2) is 0 Å². The molecule has 0 aromatic heterocycles. The van der Waals surface area contributed by atoms with Gasteiger partial charge in [-0.15, -0.1) is 0 Å². The fourth-order valence-corrected chi connectivity index (χ4v) is 3.01. The Bertz CT molecular complexity index is 550. The third-order valence-corrected chi connectivity index (χ3v) is 4.03. The van der Waals surface area contributed by atoms with E-state index in [0.29, 0.717) is 6.04 Å². The molecule has 2 nitrogen and oxygen atoms in total. The van der Waals surface area contributed by atoms with E-state index < -0.39 is 0 Å². The fraction of sp³-hybridized carbons (Fsp3) is 0.333. The number of hydrogen-bond acceptors (Lipinski definition) is 2. The highest BCUT2D eigenvalue weighted by Crippen LogP contribution is 2.25. The van der Waals surface area contributed by atoms with Gasteiger partial charge in [-0.05, 0) is 36.5 Å². The standard InChI is InChI=1S/C18H22N2/c19-17-10-6-12-20(14-17)18-11-5-4-9-16(18)13-15-7-2-1-3-8-15/h1-5,7-9,11,17H,6,10,12-14,19H2. The van der Waals surface area contributed by atoms with Crippen LogP contribution in [0.15, 0.2) is 54.6 Å². The molecule has 2 aromatic carbocycles. The SMILES string of the molecule is NC1CCCN(c2ccccc2Cc2ccccc2)C1. The molecule has 1 aliphatic heterocycles. The van der Waals surface area contributed by atoms with E-state index in [2.05, 4.69) is 59.5 Å². The molecule has 104 valence electrons. The van der Waals surface area contributed by atoms with Gasteiger partial charge in [0, 0.05) is 24.8 Å². The maximum Gasteiger partial charge on any atom is 0.0402 e. The Labute approximate surface area is 121 Å². The van der Waals surface area contributed by atoms with Crippen molar-refractivity contribution < 1.29 is 0 Å². The summed E-state index contributed by atoms with van der Waals surface area (Å²) in [5, 5.41) is 0. The van der Waals surface area contributed by atoms with Gasteiger partial charge in [-0.1, -0.05) is 48.5 Å². The van der Waals surface area contributed by atoms with E-state index in [0.717, 1.165) is 25.9 Å². The van der Waals surface area contributed by atoms with Crippen LogP contribution in [0.1, 0.15) is 24.0 Å². The first kappa shape index (κ1) is 13.2. The lowest BCUT2D eigenvalue weighted by Crippen LogP contribution is -2.43. The molecule has 1 fully saturated rings. The monoisotopic (exact) mass is 266 g/mol. The van der Waals surface area contributed by atoms with Crippen molar-refractivity contribution >= 4 is 5.69 Å².